The van der Waals surface area contributed by atoms with E-state index in [1.54, 1.807) is 35.6 Å². The van der Waals surface area contributed by atoms with Gasteiger partial charge in [-0.3, -0.25) is 4.40 Å². The molecule has 174 valence electrons. The minimum atomic E-state index is -0.480. The van der Waals surface area contributed by atoms with Crippen molar-refractivity contribution in [2.24, 2.45) is 0 Å². The highest BCUT2D eigenvalue weighted by Gasteiger charge is 2.22. The fraction of sp³-hybridized carbons (Fsp3) is 0.273. The molecule has 5 rings (SSSR count). The van der Waals surface area contributed by atoms with Gasteiger partial charge in [0.2, 0.25) is 0 Å². The Labute approximate surface area is 193 Å². The van der Waals surface area contributed by atoms with Crippen molar-refractivity contribution >= 4 is 28.8 Å². The third kappa shape index (κ3) is 4.17. The third-order valence-corrected chi connectivity index (χ3v) is 5.38. The quantitative estimate of drug-likeness (QED) is 0.480. The van der Waals surface area contributed by atoms with Crippen molar-refractivity contribution < 1.29 is 13.9 Å². The van der Waals surface area contributed by atoms with Crippen LogP contribution in [0.25, 0.3) is 16.9 Å². The lowest BCUT2D eigenvalue weighted by Gasteiger charge is -2.26. The summed E-state index contributed by atoms with van der Waals surface area (Å²) in [6, 6.07) is 4.62. The van der Waals surface area contributed by atoms with Crippen LogP contribution in [0.2, 0.25) is 0 Å². The van der Waals surface area contributed by atoms with E-state index in [0.29, 0.717) is 36.7 Å². The molecule has 0 fully saturated rings. The number of amides is 1. The summed E-state index contributed by atoms with van der Waals surface area (Å²) in [5, 5.41) is 13.9. The van der Waals surface area contributed by atoms with Gasteiger partial charge in [0.25, 0.3) is 0 Å². The number of carbonyl (C=O) groups is 1. The molecule has 0 saturated heterocycles. The van der Waals surface area contributed by atoms with Crippen LogP contribution in [0.1, 0.15) is 26.0 Å². The summed E-state index contributed by atoms with van der Waals surface area (Å²) in [6.45, 7) is 4.68. The smallest absolute Gasteiger partial charge is 0.410 e. The monoisotopic (exact) mass is 463 g/mol. The molecule has 1 aliphatic heterocycles. The lowest BCUT2D eigenvalue weighted by atomic mass is 10.1. The van der Waals surface area contributed by atoms with Crippen LogP contribution in [-0.4, -0.2) is 64.8 Å². The molecule has 0 radical (unpaired) electrons. The summed E-state index contributed by atoms with van der Waals surface area (Å²) in [5.41, 5.74) is 3.27. The molecule has 0 unspecified atom stereocenters. The molecule has 0 aliphatic carbocycles. The van der Waals surface area contributed by atoms with Crippen molar-refractivity contribution in [1.82, 2.24) is 39.5 Å². The van der Waals surface area contributed by atoms with E-state index in [1.807, 2.05) is 24.3 Å². The van der Waals surface area contributed by atoms with E-state index in [2.05, 4.69) is 30.8 Å². The molecule has 11 nitrogen and oxygen atoms in total. The summed E-state index contributed by atoms with van der Waals surface area (Å²) < 4.78 is 23.3. The number of nitrogens with one attached hydrogen (secondary N) is 1. The number of hydrogen-bond acceptors (Lipinski definition) is 8. The molecule has 34 heavy (non-hydrogen) atoms. The fourth-order valence-corrected chi connectivity index (χ4v) is 3.74. The molecule has 0 saturated carbocycles. The maximum atomic E-state index is 14.8. The molecule has 12 heteroatoms. The van der Waals surface area contributed by atoms with Crippen LogP contribution in [0.15, 0.2) is 49.2 Å². The Morgan fingerprint density at radius 2 is 2.15 bits per heavy atom. The Balaban J connectivity index is 1.37. The highest BCUT2D eigenvalue weighted by atomic mass is 19.1. The van der Waals surface area contributed by atoms with Gasteiger partial charge in [-0.1, -0.05) is 6.08 Å². The molecular formula is C22H22FN9O2. The van der Waals surface area contributed by atoms with Gasteiger partial charge in [0, 0.05) is 31.5 Å². The summed E-state index contributed by atoms with van der Waals surface area (Å²) in [7, 11) is 0. The molecule has 1 amide bonds. The number of hydrogen-bond donors (Lipinski definition) is 1. The number of rotatable bonds is 5. The number of fused-ring (bicyclic) bond motifs is 1. The second-order valence-corrected chi connectivity index (χ2v) is 8.01. The molecule has 1 N–H and O–H groups in total. The first-order chi connectivity index (χ1) is 16.5. The summed E-state index contributed by atoms with van der Waals surface area (Å²) in [5.74, 6) is -0.0617. The topological polar surface area (TPSA) is 115 Å². The van der Waals surface area contributed by atoms with Crippen molar-refractivity contribution in [1.29, 1.82) is 0 Å². The lowest BCUT2D eigenvalue weighted by Crippen LogP contribution is -2.36. The summed E-state index contributed by atoms with van der Waals surface area (Å²) in [6.07, 6.45) is 8.78. The van der Waals surface area contributed by atoms with Gasteiger partial charge in [-0.15, -0.1) is 5.10 Å². The Morgan fingerprint density at radius 1 is 1.26 bits per heavy atom. The number of nitrogens with zero attached hydrogens (tertiary/aromatic N) is 8. The second-order valence-electron chi connectivity index (χ2n) is 8.01. The highest BCUT2D eigenvalue weighted by Crippen LogP contribution is 2.28. The maximum absolute atomic E-state index is 14.8. The first-order valence-corrected chi connectivity index (χ1v) is 10.8. The van der Waals surface area contributed by atoms with Gasteiger partial charge < -0.3 is 15.0 Å². The second kappa shape index (κ2) is 8.89. The number of benzene rings is 1. The van der Waals surface area contributed by atoms with Crippen LogP contribution in [0.4, 0.5) is 20.7 Å². The van der Waals surface area contributed by atoms with Crippen LogP contribution >= 0.6 is 0 Å². The van der Waals surface area contributed by atoms with E-state index in [0.717, 1.165) is 11.3 Å². The molecule has 4 aromatic rings. The first kappa shape index (κ1) is 21.5. The average Bonchev–Trinajstić information content (AvgIpc) is 3.51. The van der Waals surface area contributed by atoms with E-state index in [4.69, 9.17) is 4.74 Å². The number of anilines is 2. The highest BCUT2D eigenvalue weighted by molar-refractivity contribution is 5.76. The molecule has 0 atom stereocenters. The third-order valence-electron chi connectivity index (χ3n) is 5.38. The first-order valence-electron chi connectivity index (χ1n) is 10.8. The Bertz CT molecular complexity index is 1360. The Morgan fingerprint density at radius 3 is 2.85 bits per heavy atom. The van der Waals surface area contributed by atoms with Gasteiger partial charge in [-0.2, -0.15) is 0 Å². The van der Waals surface area contributed by atoms with Gasteiger partial charge in [0.1, 0.15) is 12.1 Å². The summed E-state index contributed by atoms with van der Waals surface area (Å²) in [4.78, 5) is 22.7. The normalized spacial score (nSPS) is 13.9. The maximum Gasteiger partial charge on any atom is 0.410 e. The van der Waals surface area contributed by atoms with Gasteiger partial charge >= 0.3 is 6.09 Å². The lowest BCUT2D eigenvalue weighted by molar-refractivity contribution is 0.0799. The fourth-order valence-electron chi connectivity index (χ4n) is 3.74. The van der Waals surface area contributed by atoms with E-state index < -0.39 is 5.82 Å². The number of carbonyl (C=O) groups excluding carboxylic acids is 1. The van der Waals surface area contributed by atoms with Crippen molar-refractivity contribution in [2.75, 3.05) is 18.4 Å². The van der Waals surface area contributed by atoms with Gasteiger partial charge in [-0.05, 0) is 48.4 Å². The molecule has 0 spiro atoms. The minimum Gasteiger partial charge on any atom is -0.447 e. The van der Waals surface area contributed by atoms with Crippen LogP contribution in [0.5, 0.6) is 0 Å². The Hall–Kier alpha value is -4.35. The minimum absolute atomic E-state index is 0.157. The Kier molecular flexibility index (Phi) is 5.62. The van der Waals surface area contributed by atoms with Crippen molar-refractivity contribution in [3.63, 3.8) is 0 Å². The number of tetrazole rings is 1. The number of imidazole rings is 1. The van der Waals surface area contributed by atoms with Gasteiger partial charge in [0.15, 0.2) is 11.5 Å². The number of halogens is 1. The SMILES string of the molecule is CC(C)OC(=O)N1CC=C(c2cnc3c(Nc4ccc(-n5cnnn5)cc4F)nccn23)CC1. The van der Waals surface area contributed by atoms with Crippen molar-refractivity contribution in [3.8, 4) is 5.69 Å². The van der Waals surface area contributed by atoms with E-state index in [9.17, 15) is 9.18 Å². The predicted molar refractivity (Wildman–Crippen MR) is 121 cm³/mol. The van der Waals surface area contributed by atoms with Crippen LogP contribution < -0.4 is 5.32 Å². The zero-order valence-electron chi connectivity index (χ0n) is 18.6. The molecule has 3 aromatic heterocycles. The molecule has 1 aliphatic rings. The average molecular weight is 463 g/mol. The van der Waals surface area contributed by atoms with Crippen LogP contribution in [-0.2, 0) is 4.74 Å². The van der Waals surface area contributed by atoms with Gasteiger partial charge in [-0.25, -0.2) is 23.8 Å². The van der Waals surface area contributed by atoms with Gasteiger partial charge in [0.05, 0.1) is 29.4 Å². The van der Waals surface area contributed by atoms with E-state index in [-0.39, 0.29) is 17.9 Å². The van der Waals surface area contributed by atoms with Crippen molar-refractivity contribution in [3.05, 3.63) is 60.7 Å². The molecular weight excluding hydrogens is 441 g/mol. The molecule has 4 heterocycles. The molecule has 1 aromatic carbocycles. The van der Waals surface area contributed by atoms with Crippen molar-refractivity contribution in [2.45, 2.75) is 26.4 Å². The summed E-state index contributed by atoms with van der Waals surface area (Å²) >= 11 is 0. The standard InChI is InChI=1S/C22H22FN9O2/c1-14(2)34-22(33)30-8-5-15(6-9-30)19-12-25-21-20(24-7-10-31(19)21)27-18-4-3-16(11-17(18)23)32-13-26-28-29-32/h3-5,7,10-14H,6,8-9H2,1-2H3,(H,24,27). The van der Waals surface area contributed by atoms with Crippen LogP contribution in [0.3, 0.4) is 0 Å². The largest absolute Gasteiger partial charge is 0.447 e. The van der Waals surface area contributed by atoms with E-state index in [1.165, 1.54) is 17.1 Å². The molecule has 0 bridgehead atoms. The number of ether oxygens (including phenoxy) is 1. The predicted octanol–water partition coefficient (Wildman–Crippen LogP) is 3.22. The van der Waals surface area contributed by atoms with E-state index >= 15 is 0 Å². The van der Waals surface area contributed by atoms with Crippen LogP contribution in [0, 0.1) is 5.82 Å². The zero-order chi connectivity index (χ0) is 23.7. The zero-order valence-corrected chi connectivity index (χ0v) is 18.6. The number of aromatic nitrogens is 7.